The number of hydrogen-bond donors (Lipinski definition) is 2. The third-order valence-electron chi connectivity index (χ3n) is 3.53. The first kappa shape index (κ1) is 20.7. The van der Waals surface area contributed by atoms with Gasteiger partial charge in [-0.15, -0.1) is 0 Å². The predicted octanol–water partition coefficient (Wildman–Crippen LogP) is 4.06. The number of ether oxygens (including phenoxy) is 1. The predicted molar refractivity (Wildman–Crippen MR) is 105 cm³/mol. The van der Waals surface area contributed by atoms with Gasteiger partial charge in [0.2, 0.25) is 5.91 Å². The normalized spacial score (nSPS) is 11.4. The second-order valence-corrected chi connectivity index (χ2v) is 6.57. The Morgan fingerprint density at radius 2 is 1.48 bits per heavy atom. The molecule has 0 fully saturated rings. The number of nitrogens with one attached hydrogen (secondary N) is 2. The fraction of sp³-hybridized carbons (Fsp3) is 0.211. The number of halogens is 2. The minimum Gasteiger partial charge on any atom is -0.452 e. The van der Waals surface area contributed by atoms with Crippen LogP contribution in [0.1, 0.15) is 19.4 Å². The molecule has 8 heteroatoms. The second-order valence-electron chi connectivity index (χ2n) is 5.76. The molecule has 0 saturated heterocycles. The van der Waals surface area contributed by atoms with Crippen molar-refractivity contribution < 1.29 is 19.1 Å². The summed E-state index contributed by atoms with van der Waals surface area (Å²) in [5, 5.41) is 5.97. The molecule has 0 unspecified atom stereocenters. The van der Waals surface area contributed by atoms with Gasteiger partial charge in [-0.3, -0.25) is 14.4 Å². The van der Waals surface area contributed by atoms with Crippen molar-refractivity contribution in [1.82, 2.24) is 0 Å². The quantitative estimate of drug-likeness (QED) is 0.705. The minimum absolute atomic E-state index is 0.137. The van der Waals surface area contributed by atoms with Gasteiger partial charge in [0, 0.05) is 33.9 Å². The van der Waals surface area contributed by atoms with Gasteiger partial charge in [-0.25, -0.2) is 0 Å². The van der Waals surface area contributed by atoms with Gasteiger partial charge in [-0.05, 0) is 43.3 Å². The van der Waals surface area contributed by atoms with Crippen molar-refractivity contribution in [2.75, 3.05) is 10.6 Å². The van der Waals surface area contributed by atoms with Crippen LogP contribution >= 0.6 is 23.2 Å². The van der Waals surface area contributed by atoms with E-state index in [9.17, 15) is 14.4 Å². The molecule has 142 valence electrons. The summed E-state index contributed by atoms with van der Waals surface area (Å²) in [6, 6.07) is 11.5. The zero-order chi connectivity index (χ0) is 20.0. The summed E-state index contributed by atoms with van der Waals surface area (Å²) in [6.45, 7) is 2.87. The Bertz CT molecular complexity index is 833. The highest BCUT2D eigenvalue weighted by molar-refractivity contribution is 6.36. The fourth-order valence-corrected chi connectivity index (χ4v) is 2.75. The van der Waals surface area contributed by atoms with Crippen molar-refractivity contribution in [2.24, 2.45) is 0 Å². The summed E-state index contributed by atoms with van der Waals surface area (Å²) >= 11 is 12.1. The largest absolute Gasteiger partial charge is 0.452 e. The van der Waals surface area contributed by atoms with E-state index in [2.05, 4.69) is 10.6 Å². The minimum atomic E-state index is -1.01. The lowest BCUT2D eigenvalue weighted by atomic mass is 10.1. The summed E-state index contributed by atoms with van der Waals surface area (Å²) in [4.78, 5) is 35.3. The molecular formula is C19H18Cl2N2O4. The molecule has 2 rings (SSSR count). The third kappa shape index (κ3) is 6.27. The van der Waals surface area contributed by atoms with Crippen molar-refractivity contribution in [2.45, 2.75) is 26.4 Å². The van der Waals surface area contributed by atoms with Crippen LogP contribution in [0.4, 0.5) is 11.4 Å². The van der Waals surface area contributed by atoms with E-state index >= 15 is 0 Å². The van der Waals surface area contributed by atoms with Gasteiger partial charge in [-0.2, -0.15) is 0 Å². The van der Waals surface area contributed by atoms with E-state index in [0.29, 0.717) is 27.0 Å². The van der Waals surface area contributed by atoms with Crippen molar-refractivity contribution >= 4 is 52.4 Å². The van der Waals surface area contributed by atoms with Crippen LogP contribution in [0, 0.1) is 0 Å². The Balaban J connectivity index is 1.91. The van der Waals surface area contributed by atoms with Gasteiger partial charge < -0.3 is 15.4 Å². The average molecular weight is 409 g/mol. The summed E-state index contributed by atoms with van der Waals surface area (Å²) in [6.07, 6.45) is -1.14. The van der Waals surface area contributed by atoms with Crippen LogP contribution in [0.3, 0.4) is 0 Å². The number of carbonyl (C=O) groups is 3. The highest BCUT2D eigenvalue weighted by Gasteiger charge is 2.20. The lowest BCUT2D eigenvalue weighted by Crippen LogP contribution is -2.30. The van der Waals surface area contributed by atoms with Crippen molar-refractivity contribution in [1.29, 1.82) is 0 Å². The van der Waals surface area contributed by atoms with Crippen molar-refractivity contribution in [3.8, 4) is 0 Å². The number of rotatable bonds is 6. The highest BCUT2D eigenvalue weighted by Crippen LogP contribution is 2.25. The number of anilines is 2. The van der Waals surface area contributed by atoms with Gasteiger partial charge >= 0.3 is 5.97 Å². The number of carbonyl (C=O) groups excluding carboxylic acids is 3. The van der Waals surface area contributed by atoms with E-state index in [1.54, 1.807) is 42.5 Å². The topological polar surface area (TPSA) is 84.5 Å². The third-order valence-corrected chi connectivity index (χ3v) is 4.24. The van der Waals surface area contributed by atoms with Crippen LogP contribution in [-0.2, 0) is 25.5 Å². The smallest absolute Gasteiger partial charge is 0.311 e. The fourth-order valence-electron chi connectivity index (χ4n) is 2.22. The van der Waals surface area contributed by atoms with Gasteiger partial charge in [0.25, 0.3) is 5.91 Å². The zero-order valence-electron chi connectivity index (χ0n) is 14.7. The van der Waals surface area contributed by atoms with E-state index in [4.69, 9.17) is 27.9 Å². The SMILES string of the molecule is CC(=O)Nc1ccc(NC(=O)[C@H](C)OC(=O)Cc2c(Cl)cccc2Cl)cc1. The first-order chi connectivity index (χ1) is 12.8. The molecular weight excluding hydrogens is 391 g/mol. The zero-order valence-corrected chi connectivity index (χ0v) is 16.2. The molecule has 0 heterocycles. The molecule has 0 aliphatic rings. The Morgan fingerprint density at radius 3 is 2.00 bits per heavy atom. The molecule has 2 amide bonds. The van der Waals surface area contributed by atoms with Gasteiger partial charge in [0.05, 0.1) is 6.42 Å². The molecule has 0 spiro atoms. The molecule has 0 aliphatic heterocycles. The standard InChI is InChI=1S/C19H18Cl2N2O4/c1-11(27-18(25)10-15-16(20)4-3-5-17(15)21)19(26)23-14-8-6-13(7-9-14)22-12(2)24/h3-9,11H,10H2,1-2H3,(H,22,24)(H,23,26)/t11-/m0/s1. The summed E-state index contributed by atoms with van der Waals surface area (Å²) in [5.74, 6) is -1.29. The molecule has 0 aromatic heterocycles. The molecule has 0 bridgehead atoms. The molecule has 0 aliphatic carbocycles. The van der Waals surface area contributed by atoms with Crippen LogP contribution in [0.25, 0.3) is 0 Å². The Labute approximate surface area is 166 Å². The molecule has 27 heavy (non-hydrogen) atoms. The van der Waals surface area contributed by atoms with E-state index < -0.39 is 18.0 Å². The molecule has 0 radical (unpaired) electrons. The maximum atomic E-state index is 12.2. The lowest BCUT2D eigenvalue weighted by molar-refractivity contribution is -0.152. The first-order valence-electron chi connectivity index (χ1n) is 8.07. The molecule has 1 atom stereocenters. The van der Waals surface area contributed by atoms with Gasteiger partial charge in [-0.1, -0.05) is 29.3 Å². The Hall–Kier alpha value is -2.57. The highest BCUT2D eigenvalue weighted by atomic mass is 35.5. The average Bonchev–Trinajstić information content (AvgIpc) is 2.59. The lowest BCUT2D eigenvalue weighted by Gasteiger charge is -2.14. The van der Waals surface area contributed by atoms with Crippen LogP contribution in [-0.4, -0.2) is 23.9 Å². The molecule has 0 saturated carbocycles. The van der Waals surface area contributed by atoms with Crippen LogP contribution in [0.2, 0.25) is 10.0 Å². The van der Waals surface area contributed by atoms with Crippen molar-refractivity contribution in [3.63, 3.8) is 0 Å². The maximum Gasteiger partial charge on any atom is 0.311 e. The summed E-state index contributed by atoms with van der Waals surface area (Å²) in [5.41, 5.74) is 1.56. The molecule has 6 nitrogen and oxygen atoms in total. The number of hydrogen-bond acceptors (Lipinski definition) is 4. The van der Waals surface area contributed by atoms with Crippen LogP contribution in [0.15, 0.2) is 42.5 Å². The number of amides is 2. The second kappa shape index (κ2) is 9.39. The van der Waals surface area contributed by atoms with E-state index in [1.165, 1.54) is 13.8 Å². The monoisotopic (exact) mass is 408 g/mol. The van der Waals surface area contributed by atoms with E-state index in [0.717, 1.165) is 0 Å². The van der Waals surface area contributed by atoms with Crippen LogP contribution < -0.4 is 10.6 Å². The Kier molecular flexibility index (Phi) is 7.21. The molecule has 2 aromatic rings. The first-order valence-corrected chi connectivity index (χ1v) is 8.82. The van der Waals surface area contributed by atoms with Crippen LogP contribution in [0.5, 0.6) is 0 Å². The van der Waals surface area contributed by atoms with Crippen molar-refractivity contribution in [3.05, 3.63) is 58.1 Å². The maximum absolute atomic E-state index is 12.2. The van der Waals surface area contributed by atoms with Gasteiger partial charge in [0.15, 0.2) is 6.10 Å². The molecule has 2 N–H and O–H groups in total. The van der Waals surface area contributed by atoms with Gasteiger partial charge in [0.1, 0.15) is 0 Å². The Morgan fingerprint density at radius 1 is 0.963 bits per heavy atom. The molecule has 2 aromatic carbocycles. The number of esters is 1. The van der Waals surface area contributed by atoms with E-state index in [1.807, 2.05) is 0 Å². The summed E-state index contributed by atoms with van der Waals surface area (Å²) in [7, 11) is 0. The summed E-state index contributed by atoms with van der Waals surface area (Å²) < 4.78 is 5.15. The van der Waals surface area contributed by atoms with E-state index in [-0.39, 0.29) is 12.3 Å². The number of benzene rings is 2.